The van der Waals surface area contributed by atoms with Crippen LogP contribution in [0.4, 0.5) is 0 Å². The molecule has 1 saturated heterocycles. The van der Waals surface area contributed by atoms with Crippen LogP contribution in [0.5, 0.6) is 11.5 Å². The number of ether oxygens (including phenoxy) is 3. The average Bonchev–Trinajstić information content (AvgIpc) is 3.30. The maximum atomic E-state index is 12.8. The fourth-order valence-corrected chi connectivity index (χ4v) is 3.40. The van der Waals surface area contributed by atoms with Gasteiger partial charge in [-0.1, -0.05) is 18.2 Å². The highest BCUT2D eigenvalue weighted by molar-refractivity contribution is 5.76. The molecular weight excluding hydrogens is 380 g/mol. The quantitative estimate of drug-likeness (QED) is 0.524. The molecule has 3 rings (SSSR count). The van der Waals surface area contributed by atoms with E-state index in [1.807, 2.05) is 35.2 Å². The van der Waals surface area contributed by atoms with E-state index in [9.17, 15) is 4.79 Å². The maximum Gasteiger partial charge on any atom is 0.223 e. The lowest BCUT2D eigenvalue weighted by Gasteiger charge is -2.23. The Balaban J connectivity index is 1.73. The van der Waals surface area contributed by atoms with Crippen LogP contribution in [0.1, 0.15) is 30.4 Å². The number of carbonyl (C=O) groups is 1. The van der Waals surface area contributed by atoms with E-state index in [4.69, 9.17) is 14.2 Å². The Hall–Kier alpha value is -2.86. The number of rotatable bonds is 11. The summed E-state index contributed by atoms with van der Waals surface area (Å²) in [5.41, 5.74) is 1.99. The summed E-state index contributed by atoms with van der Waals surface area (Å²) in [5, 5.41) is 0. The van der Waals surface area contributed by atoms with Gasteiger partial charge in [0, 0.05) is 44.4 Å². The van der Waals surface area contributed by atoms with Crippen molar-refractivity contribution in [3.63, 3.8) is 0 Å². The minimum Gasteiger partial charge on any atom is -0.493 e. The predicted molar refractivity (Wildman–Crippen MR) is 115 cm³/mol. The van der Waals surface area contributed by atoms with E-state index >= 15 is 0 Å². The van der Waals surface area contributed by atoms with Gasteiger partial charge >= 0.3 is 0 Å². The molecule has 0 N–H and O–H groups in total. The second-order valence-corrected chi connectivity index (χ2v) is 7.46. The van der Waals surface area contributed by atoms with Crippen LogP contribution in [0.3, 0.4) is 0 Å². The normalized spacial score (nSPS) is 15.6. The van der Waals surface area contributed by atoms with Gasteiger partial charge in [0.15, 0.2) is 11.5 Å². The molecule has 6 nitrogen and oxygen atoms in total. The predicted octanol–water partition coefficient (Wildman–Crippen LogP) is 4.00. The molecule has 1 aromatic heterocycles. The molecule has 160 valence electrons. The molecule has 1 aromatic carbocycles. The zero-order chi connectivity index (χ0) is 21.2. The van der Waals surface area contributed by atoms with E-state index in [2.05, 4.69) is 11.6 Å². The molecule has 6 heteroatoms. The summed E-state index contributed by atoms with van der Waals surface area (Å²) in [6, 6.07) is 9.69. The monoisotopic (exact) mass is 410 g/mol. The molecular formula is C24H30N2O4. The first-order valence-corrected chi connectivity index (χ1v) is 10.3. The highest BCUT2D eigenvalue weighted by Crippen LogP contribution is 2.30. The number of hydrogen-bond acceptors (Lipinski definition) is 5. The van der Waals surface area contributed by atoms with Crippen molar-refractivity contribution in [2.24, 2.45) is 5.92 Å². The third-order valence-electron chi connectivity index (χ3n) is 5.11. The molecule has 1 fully saturated rings. The van der Waals surface area contributed by atoms with Gasteiger partial charge in [-0.15, -0.1) is 6.58 Å². The molecule has 0 saturated carbocycles. The van der Waals surface area contributed by atoms with Crippen LogP contribution in [0.25, 0.3) is 0 Å². The van der Waals surface area contributed by atoms with E-state index in [1.54, 1.807) is 25.6 Å². The molecule has 2 heterocycles. The van der Waals surface area contributed by atoms with Crippen LogP contribution in [0, 0.1) is 5.92 Å². The summed E-state index contributed by atoms with van der Waals surface area (Å²) in [6.07, 6.45) is 7.40. The highest BCUT2D eigenvalue weighted by Gasteiger charge is 2.19. The summed E-state index contributed by atoms with van der Waals surface area (Å²) >= 11 is 0. The number of hydrogen-bond donors (Lipinski definition) is 0. The lowest BCUT2D eigenvalue weighted by atomic mass is 10.1. The molecule has 0 aliphatic carbocycles. The number of carbonyl (C=O) groups excluding carboxylic acids is 1. The Morgan fingerprint density at radius 3 is 2.87 bits per heavy atom. The standard InChI is InChI=1S/C24H30N2O4/c1-3-4-7-24(27)26(16-20-6-5-11-25-14-20)15-19-8-9-22(28-2)23(13-19)30-18-21-10-12-29-17-21/h3,5-6,8-9,11,13-14,21H,1,4,7,10,12,15-18H2,2H3. The van der Waals surface area contributed by atoms with Crippen molar-refractivity contribution in [2.75, 3.05) is 26.9 Å². The van der Waals surface area contributed by atoms with Gasteiger partial charge in [0.2, 0.25) is 5.91 Å². The highest BCUT2D eigenvalue weighted by atomic mass is 16.5. The third kappa shape index (κ3) is 6.32. The van der Waals surface area contributed by atoms with Crippen molar-refractivity contribution in [3.8, 4) is 11.5 Å². The van der Waals surface area contributed by atoms with E-state index in [0.717, 1.165) is 30.8 Å². The fourth-order valence-electron chi connectivity index (χ4n) is 3.40. The number of pyridine rings is 1. The number of nitrogens with zero attached hydrogens (tertiary/aromatic N) is 2. The summed E-state index contributed by atoms with van der Waals surface area (Å²) in [5.74, 6) is 1.87. The second-order valence-electron chi connectivity index (χ2n) is 7.46. The first kappa shape index (κ1) is 21.8. The Labute approximate surface area is 178 Å². The average molecular weight is 411 g/mol. The van der Waals surface area contributed by atoms with Crippen molar-refractivity contribution >= 4 is 5.91 Å². The minimum absolute atomic E-state index is 0.0835. The molecule has 0 spiro atoms. The summed E-state index contributed by atoms with van der Waals surface area (Å²) < 4.78 is 16.9. The van der Waals surface area contributed by atoms with Gasteiger partial charge in [-0.3, -0.25) is 9.78 Å². The Morgan fingerprint density at radius 2 is 2.17 bits per heavy atom. The number of amides is 1. The van der Waals surface area contributed by atoms with Gasteiger partial charge in [0.05, 0.1) is 20.3 Å². The van der Waals surface area contributed by atoms with Crippen LogP contribution in [0.15, 0.2) is 55.4 Å². The van der Waals surface area contributed by atoms with Crippen LogP contribution in [-0.4, -0.2) is 42.7 Å². The molecule has 0 bridgehead atoms. The minimum atomic E-state index is 0.0835. The van der Waals surface area contributed by atoms with Gasteiger partial charge in [-0.05, 0) is 42.2 Å². The number of allylic oxidation sites excluding steroid dienone is 1. The number of benzene rings is 1. The summed E-state index contributed by atoms with van der Waals surface area (Å²) in [6.45, 7) is 6.84. The SMILES string of the molecule is C=CCCC(=O)N(Cc1cccnc1)Cc1ccc(OC)c(OCC2CCOC2)c1. The zero-order valence-corrected chi connectivity index (χ0v) is 17.6. The van der Waals surface area contributed by atoms with Crippen molar-refractivity contribution in [1.82, 2.24) is 9.88 Å². The van der Waals surface area contributed by atoms with Crippen molar-refractivity contribution in [1.29, 1.82) is 0 Å². The molecule has 1 aliphatic rings. The fraction of sp³-hybridized carbons (Fsp3) is 0.417. The largest absolute Gasteiger partial charge is 0.493 e. The number of methoxy groups -OCH3 is 1. The van der Waals surface area contributed by atoms with Crippen LogP contribution >= 0.6 is 0 Å². The third-order valence-corrected chi connectivity index (χ3v) is 5.11. The zero-order valence-electron chi connectivity index (χ0n) is 17.6. The van der Waals surface area contributed by atoms with Crippen molar-refractivity contribution in [3.05, 3.63) is 66.5 Å². The molecule has 2 aromatic rings. The van der Waals surface area contributed by atoms with Crippen LogP contribution in [0.2, 0.25) is 0 Å². The molecule has 1 atom stereocenters. The van der Waals surface area contributed by atoms with E-state index in [0.29, 0.717) is 50.0 Å². The topological polar surface area (TPSA) is 60.9 Å². The number of aromatic nitrogens is 1. The molecule has 1 aliphatic heterocycles. The maximum absolute atomic E-state index is 12.8. The molecule has 0 radical (unpaired) electrons. The second kappa shape index (κ2) is 11.4. The molecule has 1 unspecified atom stereocenters. The van der Waals surface area contributed by atoms with Crippen LogP contribution < -0.4 is 9.47 Å². The van der Waals surface area contributed by atoms with Gasteiger partial charge in [-0.25, -0.2) is 0 Å². The van der Waals surface area contributed by atoms with E-state index in [1.165, 1.54) is 0 Å². The van der Waals surface area contributed by atoms with Gasteiger partial charge in [0.1, 0.15) is 0 Å². The first-order valence-electron chi connectivity index (χ1n) is 10.3. The Morgan fingerprint density at radius 1 is 1.30 bits per heavy atom. The van der Waals surface area contributed by atoms with Crippen molar-refractivity contribution < 1.29 is 19.0 Å². The van der Waals surface area contributed by atoms with Crippen LogP contribution in [-0.2, 0) is 22.6 Å². The lowest BCUT2D eigenvalue weighted by molar-refractivity contribution is -0.132. The van der Waals surface area contributed by atoms with Gasteiger partial charge < -0.3 is 19.1 Å². The van der Waals surface area contributed by atoms with E-state index in [-0.39, 0.29) is 5.91 Å². The Bertz CT molecular complexity index is 819. The smallest absolute Gasteiger partial charge is 0.223 e. The van der Waals surface area contributed by atoms with Crippen molar-refractivity contribution in [2.45, 2.75) is 32.4 Å². The first-order chi connectivity index (χ1) is 14.7. The summed E-state index contributed by atoms with van der Waals surface area (Å²) in [4.78, 5) is 18.8. The lowest BCUT2D eigenvalue weighted by Crippen LogP contribution is -2.29. The molecule has 1 amide bonds. The summed E-state index contributed by atoms with van der Waals surface area (Å²) in [7, 11) is 1.63. The van der Waals surface area contributed by atoms with Gasteiger partial charge in [-0.2, -0.15) is 0 Å². The van der Waals surface area contributed by atoms with Gasteiger partial charge in [0.25, 0.3) is 0 Å². The Kier molecular flexibility index (Phi) is 8.27. The van der Waals surface area contributed by atoms with E-state index < -0.39 is 0 Å². The molecule has 30 heavy (non-hydrogen) atoms.